The van der Waals surface area contributed by atoms with Gasteiger partial charge in [-0.1, -0.05) is 23.7 Å². The standard InChI is InChI=1S/C22H25ClN4O3/c1-16(28)24-12-5-13-26(2)22(29)14-27-20-7-4-3-6-19(20)25-21(27)15-30-18-10-8-17(23)9-11-18/h3-4,6-11H,5,12-15H2,1-2H3,(H,24,28). The Morgan fingerprint density at radius 1 is 1.17 bits per heavy atom. The molecule has 3 rings (SSSR count). The third kappa shape index (κ3) is 5.73. The molecule has 0 unspecified atom stereocenters. The summed E-state index contributed by atoms with van der Waals surface area (Å²) < 4.78 is 7.74. The maximum absolute atomic E-state index is 12.8. The van der Waals surface area contributed by atoms with E-state index in [1.54, 1.807) is 36.2 Å². The molecule has 0 saturated heterocycles. The minimum absolute atomic E-state index is 0.0336. The fourth-order valence-corrected chi connectivity index (χ4v) is 3.18. The summed E-state index contributed by atoms with van der Waals surface area (Å²) in [6.45, 7) is 2.97. The van der Waals surface area contributed by atoms with Crippen LogP contribution in [0.2, 0.25) is 5.02 Å². The average Bonchev–Trinajstić information content (AvgIpc) is 3.08. The second kappa shape index (κ2) is 10.1. The molecule has 1 N–H and O–H groups in total. The van der Waals surface area contributed by atoms with Crippen LogP contribution in [0.3, 0.4) is 0 Å². The first-order valence-corrected chi connectivity index (χ1v) is 10.1. The number of imidazole rings is 1. The lowest BCUT2D eigenvalue weighted by molar-refractivity contribution is -0.130. The van der Waals surface area contributed by atoms with Crippen molar-refractivity contribution in [2.24, 2.45) is 0 Å². The zero-order valence-corrected chi connectivity index (χ0v) is 17.9. The Kier molecular flexibility index (Phi) is 7.30. The zero-order valence-electron chi connectivity index (χ0n) is 17.1. The van der Waals surface area contributed by atoms with Crippen LogP contribution >= 0.6 is 11.6 Å². The van der Waals surface area contributed by atoms with Gasteiger partial charge in [-0.3, -0.25) is 9.59 Å². The van der Waals surface area contributed by atoms with Gasteiger partial charge in [0.25, 0.3) is 0 Å². The largest absolute Gasteiger partial charge is 0.486 e. The van der Waals surface area contributed by atoms with Crippen LogP contribution in [0.25, 0.3) is 11.0 Å². The van der Waals surface area contributed by atoms with Gasteiger partial charge >= 0.3 is 0 Å². The SMILES string of the molecule is CC(=O)NCCCN(C)C(=O)Cn1c(COc2ccc(Cl)cc2)nc2ccccc21. The molecule has 1 heterocycles. The van der Waals surface area contributed by atoms with Gasteiger partial charge in [0.05, 0.1) is 11.0 Å². The van der Waals surface area contributed by atoms with Crippen molar-refractivity contribution in [1.82, 2.24) is 19.8 Å². The minimum Gasteiger partial charge on any atom is -0.486 e. The topological polar surface area (TPSA) is 76.5 Å². The number of ether oxygens (including phenoxy) is 1. The van der Waals surface area contributed by atoms with Gasteiger partial charge in [0.1, 0.15) is 24.7 Å². The number of rotatable bonds is 9. The Bertz CT molecular complexity index is 1020. The fourth-order valence-electron chi connectivity index (χ4n) is 3.05. The van der Waals surface area contributed by atoms with Crippen molar-refractivity contribution >= 4 is 34.4 Å². The van der Waals surface area contributed by atoms with E-state index in [4.69, 9.17) is 16.3 Å². The van der Waals surface area contributed by atoms with Gasteiger partial charge in [0.2, 0.25) is 11.8 Å². The summed E-state index contributed by atoms with van der Waals surface area (Å²) in [5.74, 6) is 1.25. The number of aromatic nitrogens is 2. The van der Waals surface area contributed by atoms with Crippen molar-refractivity contribution in [1.29, 1.82) is 0 Å². The first-order chi connectivity index (χ1) is 14.4. The van der Waals surface area contributed by atoms with Crippen LogP contribution in [0, 0.1) is 0 Å². The van der Waals surface area contributed by atoms with E-state index in [2.05, 4.69) is 10.3 Å². The van der Waals surface area contributed by atoms with Gasteiger partial charge in [0.15, 0.2) is 0 Å². The molecule has 0 radical (unpaired) electrons. The van der Waals surface area contributed by atoms with E-state index in [9.17, 15) is 9.59 Å². The molecular formula is C22H25ClN4O3. The highest BCUT2D eigenvalue weighted by Gasteiger charge is 2.16. The van der Waals surface area contributed by atoms with E-state index in [0.29, 0.717) is 36.1 Å². The van der Waals surface area contributed by atoms with Crippen molar-refractivity contribution in [3.05, 3.63) is 59.4 Å². The molecule has 30 heavy (non-hydrogen) atoms. The Morgan fingerprint density at radius 2 is 1.90 bits per heavy atom. The van der Waals surface area contributed by atoms with Crippen LogP contribution in [0.1, 0.15) is 19.2 Å². The molecule has 0 aliphatic carbocycles. The Morgan fingerprint density at radius 3 is 2.63 bits per heavy atom. The highest BCUT2D eigenvalue weighted by atomic mass is 35.5. The number of carbonyl (C=O) groups excluding carboxylic acids is 2. The molecule has 0 atom stereocenters. The number of fused-ring (bicyclic) bond motifs is 1. The van der Waals surface area contributed by atoms with Crippen LogP contribution < -0.4 is 10.1 Å². The quantitative estimate of drug-likeness (QED) is 0.531. The third-order valence-electron chi connectivity index (χ3n) is 4.68. The summed E-state index contributed by atoms with van der Waals surface area (Å²) in [4.78, 5) is 30.1. The Labute approximate surface area is 180 Å². The van der Waals surface area contributed by atoms with Gasteiger partial charge in [-0.05, 0) is 42.8 Å². The molecule has 8 heteroatoms. The van der Waals surface area contributed by atoms with Crippen molar-refractivity contribution in [3.63, 3.8) is 0 Å². The molecule has 0 aliphatic rings. The van der Waals surface area contributed by atoms with Gasteiger partial charge in [-0.25, -0.2) is 4.98 Å². The van der Waals surface area contributed by atoms with E-state index in [1.165, 1.54) is 6.92 Å². The minimum atomic E-state index is -0.0702. The molecular weight excluding hydrogens is 404 g/mol. The lowest BCUT2D eigenvalue weighted by Crippen LogP contribution is -2.33. The van der Waals surface area contributed by atoms with Crippen molar-refractivity contribution < 1.29 is 14.3 Å². The average molecular weight is 429 g/mol. The molecule has 0 aliphatic heterocycles. The summed E-state index contributed by atoms with van der Waals surface area (Å²) in [7, 11) is 1.76. The zero-order chi connectivity index (χ0) is 21.5. The van der Waals surface area contributed by atoms with E-state index < -0.39 is 0 Å². The van der Waals surface area contributed by atoms with E-state index in [1.807, 2.05) is 28.8 Å². The maximum Gasteiger partial charge on any atom is 0.242 e. The molecule has 2 aromatic carbocycles. The molecule has 3 aromatic rings. The lowest BCUT2D eigenvalue weighted by Gasteiger charge is -2.19. The number of nitrogens with zero attached hydrogens (tertiary/aromatic N) is 3. The fraction of sp³-hybridized carbons (Fsp3) is 0.318. The van der Waals surface area contributed by atoms with E-state index >= 15 is 0 Å². The van der Waals surface area contributed by atoms with Crippen LogP contribution in [0.4, 0.5) is 0 Å². The number of para-hydroxylation sites is 2. The van der Waals surface area contributed by atoms with Crippen LogP contribution in [-0.4, -0.2) is 46.4 Å². The lowest BCUT2D eigenvalue weighted by atomic mass is 10.3. The van der Waals surface area contributed by atoms with Crippen molar-refractivity contribution in [2.45, 2.75) is 26.5 Å². The predicted molar refractivity (Wildman–Crippen MR) is 116 cm³/mol. The molecule has 0 fully saturated rings. The summed E-state index contributed by atoms with van der Waals surface area (Å²) in [6, 6.07) is 14.8. The van der Waals surface area contributed by atoms with Crippen molar-refractivity contribution in [2.75, 3.05) is 20.1 Å². The summed E-state index contributed by atoms with van der Waals surface area (Å²) in [6.07, 6.45) is 0.693. The third-order valence-corrected chi connectivity index (χ3v) is 4.93. The molecule has 1 aromatic heterocycles. The molecule has 7 nitrogen and oxygen atoms in total. The first kappa shape index (κ1) is 21.6. The number of amides is 2. The number of likely N-dealkylation sites (N-methyl/N-ethyl adjacent to an activating group) is 1. The summed E-state index contributed by atoms with van der Waals surface area (Å²) in [5, 5.41) is 3.38. The predicted octanol–water partition coefficient (Wildman–Crippen LogP) is 3.25. The highest BCUT2D eigenvalue weighted by Crippen LogP contribution is 2.20. The van der Waals surface area contributed by atoms with Crippen LogP contribution in [0.15, 0.2) is 48.5 Å². The van der Waals surface area contributed by atoms with E-state index in [0.717, 1.165) is 11.0 Å². The molecule has 0 bridgehead atoms. The Hall–Kier alpha value is -3.06. The number of nitrogens with one attached hydrogen (secondary N) is 1. The maximum atomic E-state index is 12.8. The molecule has 0 saturated carbocycles. The molecule has 2 amide bonds. The highest BCUT2D eigenvalue weighted by molar-refractivity contribution is 6.30. The summed E-state index contributed by atoms with van der Waals surface area (Å²) in [5.41, 5.74) is 1.69. The van der Waals surface area contributed by atoms with Crippen molar-refractivity contribution in [3.8, 4) is 5.75 Å². The van der Waals surface area contributed by atoms with Crippen LogP contribution in [0.5, 0.6) is 5.75 Å². The van der Waals surface area contributed by atoms with E-state index in [-0.39, 0.29) is 25.0 Å². The Balaban J connectivity index is 1.70. The second-order valence-corrected chi connectivity index (χ2v) is 7.43. The van der Waals surface area contributed by atoms with Gasteiger partial charge in [-0.15, -0.1) is 0 Å². The monoisotopic (exact) mass is 428 g/mol. The molecule has 0 spiro atoms. The van der Waals surface area contributed by atoms with Gasteiger partial charge in [-0.2, -0.15) is 0 Å². The number of hydrogen-bond donors (Lipinski definition) is 1. The first-order valence-electron chi connectivity index (χ1n) is 9.75. The number of hydrogen-bond acceptors (Lipinski definition) is 4. The van der Waals surface area contributed by atoms with Gasteiger partial charge in [0, 0.05) is 32.1 Å². The smallest absolute Gasteiger partial charge is 0.242 e. The number of benzene rings is 2. The van der Waals surface area contributed by atoms with Crippen LogP contribution in [-0.2, 0) is 22.7 Å². The molecule has 158 valence electrons. The number of carbonyl (C=O) groups is 2. The van der Waals surface area contributed by atoms with Gasteiger partial charge < -0.3 is 19.5 Å². The number of halogens is 1. The normalized spacial score (nSPS) is 10.8. The second-order valence-electron chi connectivity index (χ2n) is 7.00. The summed E-state index contributed by atoms with van der Waals surface area (Å²) >= 11 is 5.92.